The first-order chi connectivity index (χ1) is 6.27. The molecule has 0 aliphatic rings. The highest BCUT2D eigenvalue weighted by molar-refractivity contribution is 6.27. The average molecular weight is 173 g/mol. The van der Waals surface area contributed by atoms with E-state index in [0.29, 0.717) is 5.71 Å². The molecular weight excluding hydrogens is 162 g/mol. The summed E-state index contributed by atoms with van der Waals surface area (Å²) in [6.45, 7) is 5.34. The summed E-state index contributed by atoms with van der Waals surface area (Å²) in [7, 11) is 0. The molecule has 0 N–H and O–H groups in total. The molecule has 13 heavy (non-hydrogen) atoms. The zero-order valence-electron chi connectivity index (χ0n) is 7.53. The minimum Gasteiger partial charge on any atom is -0.297 e. The number of rotatable bonds is 3. The molecule has 1 rings (SSSR count). The van der Waals surface area contributed by atoms with Gasteiger partial charge in [0.1, 0.15) is 0 Å². The molecule has 0 heterocycles. The van der Waals surface area contributed by atoms with E-state index in [4.69, 9.17) is 0 Å². The van der Waals surface area contributed by atoms with Gasteiger partial charge in [0, 0.05) is 0 Å². The van der Waals surface area contributed by atoms with Gasteiger partial charge < -0.3 is 0 Å². The lowest BCUT2D eigenvalue weighted by Crippen LogP contribution is -1.90. The van der Waals surface area contributed by atoms with Gasteiger partial charge >= 0.3 is 0 Å². The molecule has 66 valence electrons. The van der Waals surface area contributed by atoms with Crippen LogP contribution in [0.1, 0.15) is 12.5 Å². The normalized spacial score (nSPS) is 11.0. The number of aliphatic imine (C=N–C) groups is 1. The zero-order chi connectivity index (χ0) is 9.68. The Hall–Kier alpha value is -1.70. The number of nitrogens with zero attached hydrogens (tertiary/aromatic N) is 1. The second kappa shape index (κ2) is 4.36. The van der Waals surface area contributed by atoms with Gasteiger partial charge in [-0.3, -0.25) is 4.79 Å². The molecule has 0 unspecified atom stereocenters. The van der Waals surface area contributed by atoms with E-state index in [9.17, 15) is 4.79 Å². The number of hydrogen-bond acceptors (Lipinski definition) is 2. The van der Waals surface area contributed by atoms with Crippen molar-refractivity contribution in [3.8, 4) is 0 Å². The van der Waals surface area contributed by atoms with Crippen molar-refractivity contribution in [3.05, 3.63) is 36.4 Å². The molecule has 2 nitrogen and oxygen atoms in total. The predicted octanol–water partition coefficient (Wildman–Crippen LogP) is 2.62. The second-order valence-electron chi connectivity index (χ2n) is 2.63. The van der Waals surface area contributed by atoms with Crippen molar-refractivity contribution in [2.75, 3.05) is 0 Å². The number of carbonyl (C=O) groups excluding carboxylic acids is 1. The lowest BCUT2D eigenvalue weighted by molar-refractivity contribution is -0.102. The SMILES string of the molecule is C=Cc1ccccc1N=C(C)C=O. The van der Waals surface area contributed by atoms with E-state index < -0.39 is 0 Å². The van der Waals surface area contributed by atoms with E-state index in [0.717, 1.165) is 17.5 Å². The Morgan fingerprint density at radius 2 is 2.15 bits per heavy atom. The maximum absolute atomic E-state index is 10.4. The van der Waals surface area contributed by atoms with Crippen LogP contribution in [0.4, 0.5) is 5.69 Å². The summed E-state index contributed by atoms with van der Waals surface area (Å²) < 4.78 is 0. The molecule has 1 aromatic rings. The van der Waals surface area contributed by atoms with Gasteiger partial charge in [0.25, 0.3) is 0 Å². The van der Waals surface area contributed by atoms with Crippen LogP contribution in [-0.2, 0) is 4.79 Å². The fourth-order valence-electron chi connectivity index (χ4n) is 0.978. The van der Waals surface area contributed by atoms with Crippen LogP contribution in [-0.4, -0.2) is 12.0 Å². The first kappa shape index (κ1) is 9.39. The fourth-order valence-corrected chi connectivity index (χ4v) is 0.978. The summed E-state index contributed by atoms with van der Waals surface area (Å²) in [5, 5.41) is 0. The lowest BCUT2D eigenvalue weighted by Gasteiger charge is -1.98. The topological polar surface area (TPSA) is 29.4 Å². The summed E-state index contributed by atoms with van der Waals surface area (Å²) in [5.74, 6) is 0. The number of aldehydes is 1. The minimum atomic E-state index is 0.467. The number of benzene rings is 1. The van der Waals surface area contributed by atoms with E-state index >= 15 is 0 Å². The van der Waals surface area contributed by atoms with Crippen molar-refractivity contribution in [3.63, 3.8) is 0 Å². The third-order valence-corrected chi connectivity index (χ3v) is 1.62. The van der Waals surface area contributed by atoms with Crippen molar-refractivity contribution in [1.82, 2.24) is 0 Å². The largest absolute Gasteiger partial charge is 0.297 e. The lowest BCUT2D eigenvalue weighted by atomic mass is 10.2. The molecule has 2 heteroatoms. The maximum atomic E-state index is 10.4. The van der Waals surface area contributed by atoms with Gasteiger partial charge in [-0.05, 0) is 18.6 Å². The minimum absolute atomic E-state index is 0.467. The third kappa shape index (κ3) is 2.37. The van der Waals surface area contributed by atoms with Crippen molar-refractivity contribution < 1.29 is 4.79 Å². The van der Waals surface area contributed by atoms with Gasteiger partial charge in [0.2, 0.25) is 0 Å². The predicted molar refractivity (Wildman–Crippen MR) is 55.4 cm³/mol. The monoisotopic (exact) mass is 173 g/mol. The van der Waals surface area contributed by atoms with E-state index in [-0.39, 0.29) is 0 Å². The van der Waals surface area contributed by atoms with Gasteiger partial charge in [-0.2, -0.15) is 0 Å². The standard InChI is InChI=1S/C11H11NO/c1-3-10-6-4-5-7-11(10)12-9(2)8-13/h3-8H,1H2,2H3. The van der Waals surface area contributed by atoms with E-state index in [1.165, 1.54) is 0 Å². The number of hydrogen-bond donors (Lipinski definition) is 0. The summed E-state index contributed by atoms with van der Waals surface area (Å²) in [6, 6.07) is 7.55. The summed E-state index contributed by atoms with van der Waals surface area (Å²) in [4.78, 5) is 14.5. The molecule has 0 aliphatic carbocycles. The quantitative estimate of drug-likeness (QED) is 0.510. The van der Waals surface area contributed by atoms with Crippen molar-refractivity contribution in [2.24, 2.45) is 4.99 Å². The Labute approximate surface area is 77.6 Å². The Kier molecular flexibility index (Phi) is 3.15. The first-order valence-electron chi connectivity index (χ1n) is 4.00. The summed E-state index contributed by atoms with van der Waals surface area (Å²) >= 11 is 0. The molecule has 0 aliphatic heterocycles. The highest BCUT2D eigenvalue weighted by Crippen LogP contribution is 2.19. The summed E-state index contributed by atoms with van der Waals surface area (Å²) in [6.07, 6.45) is 2.46. The van der Waals surface area contributed by atoms with E-state index in [2.05, 4.69) is 11.6 Å². The summed E-state index contributed by atoms with van der Waals surface area (Å²) in [5.41, 5.74) is 2.18. The molecule has 0 radical (unpaired) electrons. The average Bonchev–Trinajstić information content (AvgIpc) is 2.18. The maximum Gasteiger partial charge on any atom is 0.163 e. The smallest absolute Gasteiger partial charge is 0.163 e. The second-order valence-corrected chi connectivity index (χ2v) is 2.63. The Bertz CT molecular complexity index is 353. The molecule has 0 saturated heterocycles. The van der Waals surface area contributed by atoms with Crippen LogP contribution in [0.15, 0.2) is 35.8 Å². The number of para-hydroxylation sites is 1. The molecule has 0 atom stereocenters. The van der Waals surface area contributed by atoms with Crippen molar-refractivity contribution in [1.29, 1.82) is 0 Å². The molecule has 1 aromatic carbocycles. The highest BCUT2D eigenvalue weighted by Gasteiger charge is 1.95. The Morgan fingerprint density at radius 1 is 1.46 bits per heavy atom. The van der Waals surface area contributed by atoms with Gasteiger partial charge in [-0.25, -0.2) is 4.99 Å². The Morgan fingerprint density at radius 3 is 2.77 bits per heavy atom. The van der Waals surface area contributed by atoms with Crippen molar-refractivity contribution in [2.45, 2.75) is 6.92 Å². The third-order valence-electron chi connectivity index (χ3n) is 1.62. The van der Waals surface area contributed by atoms with Gasteiger partial charge in [-0.15, -0.1) is 0 Å². The zero-order valence-corrected chi connectivity index (χ0v) is 7.53. The molecular formula is C11H11NO. The van der Waals surface area contributed by atoms with Crippen LogP contribution in [0.2, 0.25) is 0 Å². The highest BCUT2D eigenvalue weighted by atomic mass is 16.1. The number of carbonyl (C=O) groups is 1. The van der Waals surface area contributed by atoms with Crippen LogP contribution >= 0.6 is 0 Å². The molecule has 0 fully saturated rings. The van der Waals surface area contributed by atoms with Crippen LogP contribution in [0.3, 0.4) is 0 Å². The van der Waals surface area contributed by atoms with Gasteiger partial charge in [0.05, 0.1) is 11.4 Å². The van der Waals surface area contributed by atoms with Gasteiger partial charge in [0.15, 0.2) is 6.29 Å². The Balaban J connectivity index is 3.13. The molecule has 0 spiro atoms. The van der Waals surface area contributed by atoms with Crippen LogP contribution in [0.25, 0.3) is 6.08 Å². The van der Waals surface area contributed by atoms with Crippen molar-refractivity contribution >= 4 is 23.8 Å². The van der Waals surface area contributed by atoms with Crippen LogP contribution in [0.5, 0.6) is 0 Å². The molecule has 0 bridgehead atoms. The molecule has 0 aromatic heterocycles. The van der Waals surface area contributed by atoms with E-state index in [1.54, 1.807) is 13.0 Å². The van der Waals surface area contributed by atoms with E-state index in [1.807, 2.05) is 24.3 Å². The molecule has 0 amide bonds. The van der Waals surface area contributed by atoms with Gasteiger partial charge in [-0.1, -0.05) is 30.9 Å². The van der Waals surface area contributed by atoms with Crippen LogP contribution in [0, 0.1) is 0 Å². The first-order valence-corrected chi connectivity index (χ1v) is 4.00. The fraction of sp³-hybridized carbons (Fsp3) is 0.0909. The molecule has 0 saturated carbocycles. The van der Waals surface area contributed by atoms with Crippen LogP contribution < -0.4 is 0 Å².